The van der Waals surface area contributed by atoms with Crippen LogP contribution in [0.3, 0.4) is 0 Å². The number of fused-ring (bicyclic) bond motifs is 1. The molecule has 1 aromatic carbocycles. The number of allylic oxidation sites excluding steroid dienone is 1. The van der Waals surface area contributed by atoms with E-state index in [-0.39, 0.29) is 0 Å². The highest BCUT2D eigenvalue weighted by Gasteiger charge is 2.14. The Morgan fingerprint density at radius 3 is 2.59 bits per heavy atom. The summed E-state index contributed by atoms with van der Waals surface area (Å²) in [6.07, 6.45) is 5.87. The zero-order valence-electron chi connectivity index (χ0n) is 13.3. The fourth-order valence-electron chi connectivity index (χ4n) is 3.11. The summed E-state index contributed by atoms with van der Waals surface area (Å²) < 4.78 is 2.34. The molecule has 2 aromatic heterocycles. The number of aryl methyl sites for hydroxylation is 3. The minimum atomic E-state index is 0.834. The number of rotatable bonds is 5. The predicted molar refractivity (Wildman–Crippen MR) is 93.3 cm³/mol. The summed E-state index contributed by atoms with van der Waals surface area (Å²) in [5, 5.41) is 1.32. The second kappa shape index (κ2) is 6.18. The average Bonchev–Trinajstić information content (AvgIpc) is 2.80. The topological polar surface area (TPSA) is 17.8 Å². The molecule has 0 bridgehead atoms. The highest BCUT2D eigenvalue weighted by molar-refractivity contribution is 5.87. The van der Waals surface area contributed by atoms with Gasteiger partial charge in [0.15, 0.2) is 0 Å². The van der Waals surface area contributed by atoms with Crippen LogP contribution in [0.1, 0.15) is 22.5 Å². The van der Waals surface area contributed by atoms with Crippen molar-refractivity contribution in [3.05, 3.63) is 77.8 Å². The molecule has 0 aliphatic carbocycles. The second-order valence-electron chi connectivity index (χ2n) is 5.75. The molecule has 0 atom stereocenters. The van der Waals surface area contributed by atoms with E-state index in [0.717, 1.165) is 19.4 Å². The Balaban J connectivity index is 2.02. The Hall–Kier alpha value is -2.35. The van der Waals surface area contributed by atoms with E-state index >= 15 is 0 Å². The summed E-state index contributed by atoms with van der Waals surface area (Å²) in [4.78, 5) is 4.66. The SMILES string of the molecule is C=CCn1c(C)c(C)c2ccnc(CCc3ccccc3)c21. The van der Waals surface area contributed by atoms with Gasteiger partial charge in [-0.3, -0.25) is 4.98 Å². The molecular formula is C20H22N2. The van der Waals surface area contributed by atoms with Gasteiger partial charge in [-0.25, -0.2) is 0 Å². The van der Waals surface area contributed by atoms with Crippen LogP contribution in [-0.4, -0.2) is 9.55 Å². The predicted octanol–water partition coefficient (Wildman–Crippen LogP) is 4.62. The number of hydrogen-bond donors (Lipinski definition) is 0. The normalized spacial score (nSPS) is 11.0. The van der Waals surface area contributed by atoms with Crippen LogP contribution in [0, 0.1) is 13.8 Å². The van der Waals surface area contributed by atoms with Crippen molar-refractivity contribution in [3.8, 4) is 0 Å². The van der Waals surface area contributed by atoms with Crippen molar-refractivity contribution >= 4 is 10.9 Å². The van der Waals surface area contributed by atoms with Crippen LogP contribution < -0.4 is 0 Å². The maximum atomic E-state index is 4.66. The Morgan fingerprint density at radius 1 is 1.09 bits per heavy atom. The van der Waals surface area contributed by atoms with Crippen molar-refractivity contribution in [2.45, 2.75) is 33.2 Å². The zero-order chi connectivity index (χ0) is 15.5. The minimum absolute atomic E-state index is 0.834. The van der Waals surface area contributed by atoms with Crippen molar-refractivity contribution < 1.29 is 0 Å². The summed E-state index contributed by atoms with van der Waals surface area (Å²) in [6, 6.07) is 12.7. The maximum Gasteiger partial charge on any atom is 0.0707 e. The lowest BCUT2D eigenvalue weighted by Crippen LogP contribution is -2.02. The first-order valence-corrected chi connectivity index (χ1v) is 7.80. The van der Waals surface area contributed by atoms with E-state index in [2.05, 4.69) is 66.4 Å². The van der Waals surface area contributed by atoms with Gasteiger partial charge < -0.3 is 4.57 Å². The first-order valence-electron chi connectivity index (χ1n) is 7.80. The summed E-state index contributed by atoms with van der Waals surface area (Å²) in [7, 11) is 0. The van der Waals surface area contributed by atoms with E-state index in [1.54, 1.807) is 0 Å². The van der Waals surface area contributed by atoms with E-state index in [9.17, 15) is 0 Å². The van der Waals surface area contributed by atoms with E-state index in [0.29, 0.717) is 0 Å². The molecule has 2 heterocycles. The van der Waals surface area contributed by atoms with Gasteiger partial charge in [0.1, 0.15) is 0 Å². The highest BCUT2D eigenvalue weighted by Crippen LogP contribution is 2.27. The van der Waals surface area contributed by atoms with E-state index in [4.69, 9.17) is 0 Å². The van der Waals surface area contributed by atoms with Crippen LogP contribution in [0.5, 0.6) is 0 Å². The number of hydrogen-bond acceptors (Lipinski definition) is 1. The van der Waals surface area contributed by atoms with Gasteiger partial charge in [-0.05, 0) is 43.9 Å². The number of pyridine rings is 1. The van der Waals surface area contributed by atoms with E-state index in [1.165, 1.54) is 33.4 Å². The molecule has 0 unspecified atom stereocenters. The third kappa shape index (κ3) is 2.57. The van der Waals surface area contributed by atoms with Crippen molar-refractivity contribution in [2.24, 2.45) is 0 Å². The highest BCUT2D eigenvalue weighted by atomic mass is 15.0. The van der Waals surface area contributed by atoms with E-state index < -0.39 is 0 Å². The number of nitrogens with zero attached hydrogens (tertiary/aromatic N) is 2. The van der Waals surface area contributed by atoms with Crippen LogP contribution >= 0.6 is 0 Å². The fourth-order valence-corrected chi connectivity index (χ4v) is 3.11. The molecule has 0 amide bonds. The largest absolute Gasteiger partial charge is 0.339 e. The molecule has 0 spiro atoms. The Labute approximate surface area is 132 Å². The lowest BCUT2D eigenvalue weighted by atomic mass is 10.1. The van der Waals surface area contributed by atoms with Crippen LogP contribution in [0.15, 0.2) is 55.3 Å². The average molecular weight is 290 g/mol. The van der Waals surface area contributed by atoms with Gasteiger partial charge in [0.25, 0.3) is 0 Å². The van der Waals surface area contributed by atoms with Crippen LogP contribution in [0.2, 0.25) is 0 Å². The van der Waals surface area contributed by atoms with Gasteiger partial charge in [0.2, 0.25) is 0 Å². The molecule has 112 valence electrons. The van der Waals surface area contributed by atoms with Crippen LogP contribution in [0.4, 0.5) is 0 Å². The molecule has 3 aromatic rings. The smallest absolute Gasteiger partial charge is 0.0707 e. The maximum absolute atomic E-state index is 4.66. The standard InChI is InChI=1S/C20H22N2/c1-4-14-22-16(3)15(2)18-12-13-21-19(20(18)22)11-10-17-8-6-5-7-9-17/h4-9,12-13H,1,10-11,14H2,2-3H3. The Morgan fingerprint density at radius 2 is 1.86 bits per heavy atom. The Bertz CT molecular complexity index is 797. The molecule has 0 N–H and O–H groups in total. The van der Waals surface area contributed by atoms with Gasteiger partial charge in [0.05, 0.1) is 11.2 Å². The molecule has 2 nitrogen and oxygen atoms in total. The third-order valence-electron chi connectivity index (χ3n) is 4.43. The van der Waals surface area contributed by atoms with Crippen LogP contribution in [0.25, 0.3) is 10.9 Å². The van der Waals surface area contributed by atoms with Crippen molar-refractivity contribution in [1.29, 1.82) is 0 Å². The zero-order valence-corrected chi connectivity index (χ0v) is 13.3. The molecule has 0 aliphatic rings. The first-order chi connectivity index (χ1) is 10.7. The third-order valence-corrected chi connectivity index (χ3v) is 4.43. The van der Waals surface area contributed by atoms with Gasteiger partial charge in [-0.15, -0.1) is 6.58 Å². The molecule has 0 saturated heterocycles. The van der Waals surface area contributed by atoms with Gasteiger partial charge >= 0.3 is 0 Å². The minimum Gasteiger partial charge on any atom is -0.339 e. The van der Waals surface area contributed by atoms with Crippen LogP contribution in [-0.2, 0) is 19.4 Å². The summed E-state index contributed by atoms with van der Waals surface area (Å²) in [5.74, 6) is 0. The molecule has 22 heavy (non-hydrogen) atoms. The molecule has 0 radical (unpaired) electrons. The molecule has 0 saturated carbocycles. The molecule has 2 heteroatoms. The number of aromatic nitrogens is 2. The van der Waals surface area contributed by atoms with Crippen molar-refractivity contribution in [3.63, 3.8) is 0 Å². The van der Waals surface area contributed by atoms with Gasteiger partial charge in [-0.2, -0.15) is 0 Å². The molecule has 0 aliphatic heterocycles. The molecular weight excluding hydrogens is 268 g/mol. The van der Waals surface area contributed by atoms with E-state index in [1.807, 2.05) is 12.3 Å². The number of benzene rings is 1. The Kier molecular flexibility index (Phi) is 4.10. The quantitative estimate of drug-likeness (QED) is 0.627. The summed E-state index contributed by atoms with van der Waals surface area (Å²) in [5.41, 5.74) is 6.47. The monoisotopic (exact) mass is 290 g/mol. The molecule has 3 rings (SSSR count). The molecule has 0 fully saturated rings. The second-order valence-corrected chi connectivity index (χ2v) is 5.75. The fraction of sp³-hybridized carbons (Fsp3) is 0.250. The summed E-state index contributed by atoms with van der Waals surface area (Å²) >= 11 is 0. The summed E-state index contributed by atoms with van der Waals surface area (Å²) in [6.45, 7) is 9.10. The lowest BCUT2D eigenvalue weighted by Gasteiger charge is -2.09. The first kappa shape index (κ1) is 14.6. The van der Waals surface area contributed by atoms with Gasteiger partial charge in [-0.1, -0.05) is 36.4 Å². The van der Waals surface area contributed by atoms with Crippen molar-refractivity contribution in [1.82, 2.24) is 9.55 Å². The van der Waals surface area contributed by atoms with Crippen molar-refractivity contribution in [2.75, 3.05) is 0 Å². The van der Waals surface area contributed by atoms with Gasteiger partial charge in [0, 0.05) is 23.8 Å². The lowest BCUT2D eigenvalue weighted by molar-refractivity contribution is 0.808.